The Kier molecular flexibility index (Phi) is 4.65. The molecule has 0 atom stereocenters. The van der Waals surface area contributed by atoms with Crippen LogP contribution in [0.5, 0.6) is 11.5 Å². The van der Waals surface area contributed by atoms with Crippen LogP contribution in [0.2, 0.25) is 0 Å². The molecule has 6 nitrogen and oxygen atoms in total. The summed E-state index contributed by atoms with van der Waals surface area (Å²) >= 11 is 0. The molecule has 32 heavy (non-hydrogen) atoms. The molecule has 3 aromatic rings. The van der Waals surface area contributed by atoms with Gasteiger partial charge in [0.2, 0.25) is 0 Å². The number of para-hydroxylation sites is 1. The molecule has 5 rings (SSSR count). The largest absolute Gasteiger partial charge is 0.496 e. The third-order valence-corrected chi connectivity index (χ3v) is 6.20. The Hall–Kier alpha value is -3.49. The second-order valence-corrected chi connectivity index (χ2v) is 7.96. The predicted molar refractivity (Wildman–Crippen MR) is 112 cm³/mol. The van der Waals surface area contributed by atoms with Crippen molar-refractivity contribution < 1.29 is 28.9 Å². The van der Waals surface area contributed by atoms with Crippen LogP contribution in [0.25, 0.3) is 11.3 Å². The van der Waals surface area contributed by atoms with Gasteiger partial charge in [-0.3, -0.25) is 9.89 Å². The van der Waals surface area contributed by atoms with Crippen LogP contribution in [-0.2, 0) is 11.8 Å². The Morgan fingerprint density at radius 1 is 1.22 bits per heavy atom. The van der Waals surface area contributed by atoms with Crippen LogP contribution in [0, 0.1) is 0 Å². The zero-order chi connectivity index (χ0) is 22.5. The lowest BCUT2D eigenvalue weighted by molar-refractivity contribution is -0.138. The zero-order valence-electron chi connectivity index (χ0n) is 17.2. The molecule has 0 unspecified atom stereocenters. The van der Waals surface area contributed by atoms with Gasteiger partial charge >= 0.3 is 6.18 Å². The lowest BCUT2D eigenvalue weighted by Crippen LogP contribution is -2.49. The van der Waals surface area contributed by atoms with E-state index >= 15 is 0 Å². The molecule has 2 aromatic carbocycles. The molecule has 9 heteroatoms. The number of carbonyl (C=O) groups is 1. The molecule has 2 aliphatic heterocycles. The highest BCUT2D eigenvalue weighted by Gasteiger charge is 2.45. The first-order valence-electron chi connectivity index (χ1n) is 10.2. The number of hydrogen-bond acceptors (Lipinski definition) is 4. The summed E-state index contributed by atoms with van der Waals surface area (Å²) < 4.78 is 51.3. The molecule has 0 saturated carbocycles. The minimum Gasteiger partial charge on any atom is -0.496 e. The molecular formula is C23H22F3N3O3. The standard InChI is InChI=1S/C23H20F3N3O3.H2/c1-31-19-7-6-14(12-16(19)23(24,25)26)21(30)29-10-8-22(9-11-29)17-13-27-28-20(17)15-4-2-3-5-18(15)32-22;/h2-7,12-13H,8-11H2,1H3,(H,27,28);1H. The summed E-state index contributed by atoms with van der Waals surface area (Å²) in [5.74, 6) is -0.0148. The molecule has 1 amide bonds. The fraction of sp³-hybridized carbons (Fsp3) is 0.304. The molecule has 0 aliphatic carbocycles. The number of carbonyl (C=O) groups excluding carboxylic acids is 1. The van der Waals surface area contributed by atoms with Gasteiger partial charge < -0.3 is 14.4 Å². The van der Waals surface area contributed by atoms with Crippen molar-refractivity contribution in [3.63, 3.8) is 0 Å². The van der Waals surface area contributed by atoms with Gasteiger partial charge in [-0.15, -0.1) is 0 Å². The first kappa shape index (κ1) is 20.4. The fourth-order valence-electron chi connectivity index (χ4n) is 4.55. The molecule has 1 aromatic heterocycles. The number of fused-ring (bicyclic) bond motifs is 4. The lowest BCUT2D eigenvalue weighted by Gasteiger charge is -2.44. The SMILES string of the molecule is COc1ccc(C(=O)N2CCC3(CC2)Oc2ccccc2-c2[nH]ncc23)cc1C(F)(F)F.[HH]. The van der Waals surface area contributed by atoms with E-state index in [0.717, 1.165) is 28.6 Å². The van der Waals surface area contributed by atoms with Crippen LogP contribution >= 0.6 is 0 Å². The van der Waals surface area contributed by atoms with Crippen LogP contribution in [0.15, 0.2) is 48.7 Å². The number of nitrogens with one attached hydrogen (secondary N) is 1. The number of ether oxygens (including phenoxy) is 2. The summed E-state index contributed by atoms with van der Waals surface area (Å²) in [4.78, 5) is 14.6. The predicted octanol–water partition coefficient (Wildman–Crippen LogP) is 4.87. The maximum absolute atomic E-state index is 13.4. The molecule has 0 bridgehead atoms. The van der Waals surface area contributed by atoms with Crippen molar-refractivity contribution in [2.75, 3.05) is 20.2 Å². The van der Waals surface area contributed by atoms with E-state index in [1.807, 2.05) is 24.3 Å². The first-order valence-corrected chi connectivity index (χ1v) is 10.2. The van der Waals surface area contributed by atoms with Crippen molar-refractivity contribution in [3.8, 4) is 22.8 Å². The Morgan fingerprint density at radius 2 is 1.97 bits per heavy atom. The molecule has 168 valence electrons. The third-order valence-electron chi connectivity index (χ3n) is 6.20. The van der Waals surface area contributed by atoms with Crippen LogP contribution in [0.1, 0.15) is 35.8 Å². The number of aromatic amines is 1. The number of benzene rings is 2. The molecular weight excluding hydrogens is 423 g/mol. The first-order chi connectivity index (χ1) is 15.3. The smallest absolute Gasteiger partial charge is 0.419 e. The molecule has 0 radical (unpaired) electrons. The van der Waals surface area contributed by atoms with Gasteiger partial charge in [-0.25, -0.2) is 0 Å². The number of H-pyrrole nitrogens is 1. The summed E-state index contributed by atoms with van der Waals surface area (Å²) in [6.45, 7) is 0.692. The summed E-state index contributed by atoms with van der Waals surface area (Å²) in [5, 5.41) is 7.25. The normalized spacial score (nSPS) is 16.8. The monoisotopic (exact) mass is 445 g/mol. The quantitative estimate of drug-likeness (QED) is 0.611. The number of hydrogen-bond donors (Lipinski definition) is 1. The number of rotatable bonds is 2. The van der Waals surface area contributed by atoms with Gasteiger partial charge in [0.25, 0.3) is 5.91 Å². The van der Waals surface area contributed by atoms with E-state index in [0.29, 0.717) is 25.9 Å². The van der Waals surface area contributed by atoms with Crippen molar-refractivity contribution in [2.45, 2.75) is 24.6 Å². The van der Waals surface area contributed by atoms with Crippen LogP contribution in [-0.4, -0.2) is 41.2 Å². The number of amides is 1. The van der Waals surface area contributed by atoms with Crippen LogP contribution in [0.3, 0.4) is 0 Å². The van der Waals surface area contributed by atoms with Gasteiger partial charge in [0, 0.05) is 44.0 Å². The maximum atomic E-state index is 13.4. The van der Waals surface area contributed by atoms with E-state index < -0.39 is 23.2 Å². The van der Waals surface area contributed by atoms with Crippen molar-refractivity contribution in [2.24, 2.45) is 0 Å². The highest BCUT2D eigenvalue weighted by atomic mass is 19.4. The van der Waals surface area contributed by atoms with Crippen molar-refractivity contribution in [1.82, 2.24) is 15.1 Å². The topological polar surface area (TPSA) is 67.4 Å². The van der Waals surface area contributed by atoms with Gasteiger partial charge in [0.1, 0.15) is 17.1 Å². The van der Waals surface area contributed by atoms with Gasteiger partial charge in [0.15, 0.2) is 0 Å². The van der Waals surface area contributed by atoms with Gasteiger partial charge in [-0.05, 0) is 30.3 Å². The van der Waals surface area contributed by atoms with E-state index in [9.17, 15) is 18.0 Å². The summed E-state index contributed by atoms with van der Waals surface area (Å²) in [7, 11) is 1.17. The van der Waals surface area contributed by atoms with Crippen molar-refractivity contribution >= 4 is 5.91 Å². The highest BCUT2D eigenvalue weighted by Crippen LogP contribution is 2.48. The fourth-order valence-corrected chi connectivity index (χ4v) is 4.55. The second-order valence-electron chi connectivity index (χ2n) is 7.96. The van der Waals surface area contributed by atoms with Crippen molar-refractivity contribution in [1.29, 1.82) is 0 Å². The minimum absolute atomic E-state index is 0. The zero-order valence-corrected chi connectivity index (χ0v) is 17.2. The average Bonchev–Trinajstić information content (AvgIpc) is 3.30. The maximum Gasteiger partial charge on any atom is 0.419 e. The Morgan fingerprint density at radius 3 is 2.69 bits per heavy atom. The molecule has 1 fully saturated rings. The number of halogens is 3. The molecule has 2 aliphatic rings. The summed E-state index contributed by atoms with van der Waals surface area (Å²) in [6, 6.07) is 11.1. The second kappa shape index (κ2) is 7.29. The highest BCUT2D eigenvalue weighted by molar-refractivity contribution is 5.94. The van der Waals surface area contributed by atoms with Gasteiger partial charge in [-0.1, -0.05) is 12.1 Å². The molecule has 1 spiro atoms. The van der Waals surface area contributed by atoms with Gasteiger partial charge in [-0.2, -0.15) is 18.3 Å². The number of aromatic nitrogens is 2. The number of alkyl halides is 3. The minimum atomic E-state index is -4.62. The molecule has 3 heterocycles. The Balaban J connectivity index is 0.00000259. The van der Waals surface area contributed by atoms with Crippen LogP contribution < -0.4 is 9.47 Å². The van der Waals surface area contributed by atoms with E-state index in [-0.39, 0.29) is 12.7 Å². The Bertz CT molecular complexity index is 1190. The van der Waals surface area contributed by atoms with E-state index in [2.05, 4.69) is 10.2 Å². The number of piperidine rings is 1. The summed E-state index contributed by atoms with van der Waals surface area (Å²) in [5.41, 5.74) is 1.15. The average molecular weight is 445 g/mol. The van der Waals surface area contributed by atoms with E-state index in [1.165, 1.54) is 19.2 Å². The lowest BCUT2D eigenvalue weighted by atomic mass is 9.81. The van der Waals surface area contributed by atoms with Crippen LogP contribution in [0.4, 0.5) is 13.2 Å². The number of methoxy groups -OCH3 is 1. The van der Waals surface area contributed by atoms with Crippen molar-refractivity contribution in [3.05, 3.63) is 65.4 Å². The molecule has 1 N–H and O–H groups in total. The Labute approximate surface area is 183 Å². The van der Waals surface area contributed by atoms with E-state index in [1.54, 1.807) is 11.1 Å². The summed E-state index contributed by atoms with van der Waals surface area (Å²) in [6.07, 6.45) is -1.86. The number of nitrogens with zero attached hydrogens (tertiary/aromatic N) is 2. The number of likely N-dealkylation sites (tertiary alicyclic amines) is 1. The third kappa shape index (κ3) is 3.19. The van der Waals surface area contributed by atoms with E-state index in [4.69, 9.17) is 9.47 Å². The van der Waals surface area contributed by atoms with Gasteiger partial charge in [0.05, 0.1) is 24.6 Å². The molecule has 1 saturated heterocycles.